The second kappa shape index (κ2) is 4.46. The maximum absolute atomic E-state index is 11.8. The van der Waals surface area contributed by atoms with Crippen LogP contribution in [-0.2, 0) is 6.54 Å². The van der Waals surface area contributed by atoms with Crippen LogP contribution in [0.4, 0.5) is 0 Å². The van der Waals surface area contributed by atoms with Crippen molar-refractivity contribution in [2.75, 3.05) is 0 Å². The van der Waals surface area contributed by atoms with Gasteiger partial charge in [0.05, 0.1) is 18.3 Å². The highest BCUT2D eigenvalue weighted by Gasteiger charge is 2.05. The number of hydrogen-bond donors (Lipinski definition) is 0. The second-order valence-electron chi connectivity index (χ2n) is 4.05. The van der Waals surface area contributed by atoms with Crippen LogP contribution in [0, 0.1) is 0 Å². The molecule has 90 valence electrons. The van der Waals surface area contributed by atoms with Crippen molar-refractivity contribution in [3.05, 3.63) is 69.3 Å². The molecule has 3 aromatic rings. The molecule has 0 fully saturated rings. The van der Waals surface area contributed by atoms with Gasteiger partial charge in [0.1, 0.15) is 5.76 Å². The first-order chi connectivity index (χ1) is 8.74. The fraction of sp³-hybridized carbons (Fsp3) is 0.0714. The number of nitrogens with zero attached hydrogens (tertiary/aromatic N) is 1. The molecule has 0 aliphatic heterocycles. The summed E-state index contributed by atoms with van der Waals surface area (Å²) in [5, 5.41) is 0.715. The Morgan fingerprint density at radius 1 is 1.22 bits per heavy atom. The third-order valence-corrected chi connectivity index (χ3v) is 3.34. The van der Waals surface area contributed by atoms with E-state index < -0.39 is 0 Å². The lowest BCUT2D eigenvalue weighted by atomic mass is 10.2. The summed E-state index contributed by atoms with van der Waals surface area (Å²) >= 11 is 3.43. The number of benzene rings is 1. The third kappa shape index (κ3) is 1.99. The Hall–Kier alpha value is -1.81. The molecule has 1 aromatic carbocycles. The molecular weight excluding hydrogens is 294 g/mol. The highest BCUT2D eigenvalue weighted by atomic mass is 79.9. The Kier molecular flexibility index (Phi) is 2.80. The van der Waals surface area contributed by atoms with E-state index in [1.165, 1.54) is 0 Å². The first-order valence-corrected chi connectivity index (χ1v) is 6.34. The van der Waals surface area contributed by atoms with Gasteiger partial charge in [-0.2, -0.15) is 0 Å². The van der Waals surface area contributed by atoms with Crippen molar-refractivity contribution < 1.29 is 4.42 Å². The Labute approximate surface area is 112 Å². The molecule has 0 atom stereocenters. The van der Waals surface area contributed by atoms with E-state index >= 15 is 0 Å². The van der Waals surface area contributed by atoms with Gasteiger partial charge in [0, 0.05) is 22.1 Å². The average Bonchev–Trinajstić information content (AvgIpc) is 2.86. The van der Waals surface area contributed by atoms with E-state index in [2.05, 4.69) is 15.9 Å². The minimum Gasteiger partial charge on any atom is -0.467 e. The van der Waals surface area contributed by atoms with E-state index in [0.29, 0.717) is 11.9 Å². The van der Waals surface area contributed by atoms with Gasteiger partial charge in [-0.15, -0.1) is 0 Å². The van der Waals surface area contributed by atoms with Gasteiger partial charge < -0.3 is 8.98 Å². The zero-order chi connectivity index (χ0) is 12.5. The van der Waals surface area contributed by atoms with E-state index in [-0.39, 0.29) is 5.43 Å². The van der Waals surface area contributed by atoms with Gasteiger partial charge in [-0.3, -0.25) is 4.79 Å². The van der Waals surface area contributed by atoms with E-state index in [1.807, 2.05) is 34.9 Å². The maximum Gasteiger partial charge on any atom is 0.189 e. The average molecular weight is 304 g/mol. The second-order valence-corrected chi connectivity index (χ2v) is 4.96. The summed E-state index contributed by atoms with van der Waals surface area (Å²) in [6, 6.07) is 11.0. The van der Waals surface area contributed by atoms with E-state index in [4.69, 9.17) is 4.42 Å². The highest BCUT2D eigenvalue weighted by molar-refractivity contribution is 9.10. The predicted octanol–water partition coefficient (Wildman–Crippen LogP) is 3.41. The molecule has 4 heteroatoms. The summed E-state index contributed by atoms with van der Waals surface area (Å²) in [6.07, 6.45) is 3.44. The number of pyridine rings is 1. The summed E-state index contributed by atoms with van der Waals surface area (Å²) < 4.78 is 8.29. The van der Waals surface area contributed by atoms with E-state index in [9.17, 15) is 4.79 Å². The number of furan rings is 1. The molecule has 0 aliphatic rings. The van der Waals surface area contributed by atoms with Gasteiger partial charge in [0.15, 0.2) is 5.43 Å². The van der Waals surface area contributed by atoms with Crippen LogP contribution < -0.4 is 5.43 Å². The molecule has 2 heterocycles. The smallest absolute Gasteiger partial charge is 0.189 e. The van der Waals surface area contributed by atoms with Crippen molar-refractivity contribution in [2.45, 2.75) is 6.54 Å². The summed E-state index contributed by atoms with van der Waals surface area (Å²) in [7, 11) is 0. The van der Waals surface area contributed by atoms with Crippen LogP contribution in [-0.4, -0.2) is 4.57 Å². The molecule has 0 N–H and O–H groups in total. The van der Waals surface area contributed by atoms with E-state index in [0.717, 1.165) is 15.7 Å². The van der Waals surface area contributed by atoms with Crippen molar-refractivity contribution in [1.29, 1.82) is 0 Å². The number of fused-ring (bicyclic) bond motifs is 1. The predicted molar refractivity (Wildman–Crippen MR) is 73.7 cm³/mol. The van der Waals surface area contributed by atoms with Gasteiger partial charge in [-0.05, 0) is 30.3 Å². The van der Waals surface area contributed by atoms with E-state index in [1.54, 1.807) is 18.5 Å². The summed E-state index contributed by atoms with van der Waals surface area (Å²) in [5.74, 6) is 0.861. The minimum absolute atomic E-state index is 0.0354. The maximum atomic E-state index is 11.8. The Bertz CT molecular complexity index is 744. The number of aromatic nitrogens is 1. The number of halogens is 1. The minimum atomic E-state index is 0.0354. The van der Waals surface area contributed by atoms with Gasteiger partial charge in [-0.25, -0.2) is 0 Å². The molecule has 0 radical (unpaired) electrons. The van der Waals surface area contributed by atoms with Crippen LogP contribution >= 0.6 is 15.9 Å². The molecule has 2 aromatic heterocycles. The first-order valence-electron chi connectivity index (χ1n) is 5.55. The van der Waals surface area contributed by atoms with Crippen molar-refractivity contribution in [2.24, 2.45) is 0 Å². The number of hydrogen-bond acceptors (Lipinski definition) is 2. The Balaban J connectivity index is 2.20. The van der Waals surface area contributed by atoms with Gasteiger partial charge in [0.25, 0.3) is 0 Å². The molecule has 0 amide bonds. The highest BCUT2D eigenvalue weighted by Crippen LogP contribution is 2.18. The lowest BCUT2D eigenvalue weighted by molar-refractivity contribution is 0.496. The van der Waals surface area contributed by atoms with Gasteiger partial charge in [0.2, 0.25) is 0 Å². The van der Waals surface area contributed by atoms with Crippen molar-refractivity contribution in [3.8, 4) is 0 Å². The summed E-state index contributed by atoms with van der Waals surface area (Å²) in [5.41, 5.74) is 0.932. The standard InChI is InChI=1S/C14H10BrNO2/c15-10-3-4-12-13(8-10)16(6-5-14(12)17)9-11-2-1-7-18-11/h1-8H,9H2. The SMILES string of the molecule is O=c1ccn(Cc2ccco2)c2cc(Br)ccc12. The molecule has 3 nitrogen and oxygen atoms in total. The molecule has 0 aliphatic carbocycles. The Morgan fingerprint density at radius 2 is 2.11 bits per heavy atom. The van der Waals surface area contributed by atoms with Crippen LogP contribution in [0.15, 0.2) is 62.5 Å². The molecular formula is C14H10BrNO2. The van der Waals surface area contributed by atoms with Crippen molar-refractivity contribution >= 4 is 26.8 Å². The Morgan fingerprint density at radius 3 is 2.89 bits per heavy atom. The largest absolute Gasteiger partial charge is 0.467 e. The van der Waals surface area contributed by atoms with Crippen molar-refractivity contribution in [1.82, 2.24) is 4.57 Å². The quantitative estimate of drug-likeness (QED) is 0.727. The molecule has 0 unspecified atom stereocenters. The zero-order valence-electron chi connectivity index (χ0n) is 9.47. The number of rotatable bonds is 2. The zero-order valence-corrected chi connectivity index (χ0v) is 11.1. The molecule has 3 rings (SSSR count). The fourth-order valence-corrected chi connectivity index (χ4v) is 2.34. The van der Waals surface area contributed by atoms with Crippen LogP contribution in [0.1, 0.15) is 5.76 Å². The molecule has 0 saturated heterocycles. The lowest BCUT2D eigenvalue weighted by Gasteiger charge is -2.09. The normalized spacial score (nSPS) is 10.9. The van der Waals surface area contributed by atoms with Crippen LogP contribution in [0.5, 0.6) is 0 Å². The molecule has 0 bridgehead atoms. The monoisotopic (exact) mass is 303 g/mol. The fourth-order valence-electron chi connectivity index (χ4n) is 1.99. The van der Waals surface area contributed by atoms with Crippen LogP contribution in [0.2, 0.25) is 0 Å². The van der Waals surface area contributed by atoms with Crippen molar-refractivity contribution in [3.63, 3.8) is 0 Å². The first kappa shape index (κ1) is 11.3. The third-order valence-electron chi connectivity index (χ3n) is 2.85. The summed E-state index contributed by atoms with van der Waals surface area (Å²) in [4.78, 5) is 11.8. The van der Waals surface area contributed by atoms with Gasteiger partial charge >= 0.3 is 0 Å². The van der Waals surface area contributed by atoms with Crippen LogP contribution in [0.3, 0.4) is 0 Å². The topological polar surface area (TPSA) is 35.1 Å². The van der Waals surface area contributed by atoms with Gasteiger partial charge in [-0.1, -0.05) is 15.9 Å². The summed E-state index contributed by atoms with van der Waals surface area (Å²) in [6.45, 7) is 0.611. The molecule has 0 saturated carbocycles. The molecule has 18 heavy (non-hydrogen) atoms. The van der Waals surface area contributed by atoms with Crippen LogP contribution in [0.25, 0.3) is 10.9 Å². The molecule has 0 spiro atoms. The lowest BCUT2D eigenvalue weighted by Crippen LogP contribution is -2.08.